The van der Waals surface area contributed by atoms with Crippen molar-refractivity contribution in [1.29, 1.82) is 0 Å². The number of allylic oxidation sites excluding steroid dienone is 2. The molecule has 0 bridgehead atoms. The summed E-state index contributed by atoms with van der Waals surface area (Å²) in [6.07, 6.45) is 2.68. The van der Waals surface area contributed by atoms with E-state index in [1.54, 1.807) is 0 Å². The van der Waals surface area contributed by atoms with Crippen molar-refractivity contribution in [2.75, 3.05) is 6.16 Å². The van der Waals surface area contributed by atoms with Crippen LogP contribution in [0.1, 0.15) is 6.92 Å². The molecule has 2 aromatic carbocycles. The molecule has 0 radical (unpaired) electrons. The fourth-order valence-electron chi connectivity index (χ4n) is 2.77. The summed E-state index contributed by atoms with van der Waals surface area (Å²) in [5.74, 6) is 2.35. The van der Waals surface area contributed by atoms with Crippen LogP contribution < -0.4 is 14.4 Å². The molecule has 0 fully saturated rings. The summed E-state index contributed by atoms with van der Waals surface area (Å²) >= 11 is 3.47. The van der Waals surface area contributed by atoms with Crippen LogP contribution in [0.2, 0.25) is 0 Å². The number of rotatable bonds is 1. The van der Waals surface area contributed by atoms with Gasteiger partial charge in [0.25, 0.3) is 0 Å². The molecule has 21 heavy (non-hydrogen) atoms. The minimum atomic E-state index is -3.39. The summed E-state index contributed by atoms with van der Waals surface area (Å²) in [6, 6.07) is 15.7. The van der Waals surface area contributed by atoms with Crippen molar-refractivity contribution in [1.82, 2.24) is 0 Å². The molecule has 2 aliphatic heterocycles. The topological polar surface area (TPSA) is 27.7 Å². The van der Waals surface area contributed by atoms with E-state index in [4.69, 9.17) is 13.6 Å². The van der Waals surface area contributed by atoms with Crippen LogP contribution in [0, 0.1) is 0 Å². The Bertz CT molecular complexity index is 729. The third kappa shape index (κ3) is 1.82. The number of hydrogen-bond acceptors (Lipinski definition) is 3. The maximum atomic E-state index is 6.36. The van der Waals surface area contributed by atoms with Crippen molar-refractivity contribution >= 4 is 28.5 Å². The number of hydrogen-bond donors (Lipinski definition) is 0. The van der Waals surface area contributed by atoms with Crippen molar-refractivity contribution in [2.45, 2.75) is 6.92 Å². The van der Waals surface area contributed by atoms with Crippen LogP contribution in [0.3, 0.4) is 0 Å². The molecule has 5 heteroatoms. The van der Waals surface area contributed by atoms with Crippen LogP contribution >= 0.6 is 23.2 Å². The molecule has 0 N–H and O–H groups in total. The molecule has 4 rings (SSSR count). The molecule has 0 saturated heterocycles. The standard InChI is InChI=1S/C16H14BrO3P/c1-12-10-11-21(18-12,14-8-6-13(17)7-9-14)19-15-4-2-3-5-16(15)20-21/h2-10H,11H2,1H3. The molecule has 2 heterocycles. The fraction of sp³-hybridized carbons (Fsp3) is 0.125. The van der Waals surface area contributed by atoms with Gasteiger partial charge in [0.2, 0.25) is 0 Å². The van der Waals surface area contributed by atoms with Gasteiger partial charge in [-0.05, 0) is 0 Å². The van der Waals surface area contributed by atoms with Crippen molar-refractivity contribution < 1.29 is 13.6 Å². The van der Waals surface area contributed by atoms with Crippen LogP contribution in [-0.4, -0.2) is 6.16 Å². The SMILES string of the molecule is CC1=CCP2(c3ccc(Br)cc3)(O1)Oc1ccccc1O2. The van der Waals surface area contributed by atoms with Gasteiger partial charge in [0.1, 0.15) is 0 Å². The fourth-order valence-corrected chi connectivity index (χ4v) is 6.95. The maximum absolute atomic E-state index is 6.36. The molecule has 0 amide bonds. The Morgan fingerprint density at radius 2 is 1.52 bits per heavy atom. The van der Waals surface area contributed by atoms with Crippen molar-refractivity contribution in [3.05, 3.63) is 64.8 Å². The summed E-state index contributed by atoms with van der Waals surface area (Å²) in [5.41, 5.74) is 0. The van der Waals surface area contributed by atoms with Gasteiger partial charge < -0.3 is 0 Å². The van der Waals surface area contributed by atoms with Gasteiger partial charge in [0, 0.05) is 0 Å². The monoisotopic (exact) mass is 364 g/mol. The molecule has 1 spiro atoms. The van der Waals surface area contributed by atoms with Crippen molar-refractivity contribution in [2.24, 2.45) is 0 Å². The summed E-state index contributed by atoms with van der Waals surface area (Å²) in [7, 11) is -3.39. The van der Waals surface area contributed by atoms with E-state index in [-0.39, 0.29) is 0 Å². The zero-order valence-electron chi connectivity index (χ0n) is 11.5. The molecule has 0 unspecified atom stereocenters. The Morgan fingerprint density at radius 3 is 2.05 bits per heavy atom. The second-order valence-electron chi connectivity index (χ2n) is 5.24. The number of benzene rings is 2. The van der Waals surface area contributed by atoms with Gasteiger partial charge in [-0.25, -0.2) is 0 Å². The third-order valence-corrected chi connectivity index (χ3v) is 8.19. The molecular formula is C16H14BrO3P. The molecule has 0 aliphatic carbocycles. The van der Waals surface area contributed by atoms with Crippen molar-refractivity contribution in [3.63, 3.8) is 0 Å². The van der Waals surface area contributed by atoms with E-state index in [2.05, 4.69) is 15.9 Å². The molecule has 0 saturated carbocycles. The molecule has 0 aromatic heterocycles. The normalized spacial score (nSPS) is 22.2. The Kier molecular flexibility index (Phi) is 2.66. The summed E-state index contributed by atoms with van der Waals surface area (Å²) in [6.45, 7) is 1.94. The summed E-state index contributed by atoms with van der Waals surface area (Å²) in [4.78, 5) is 0. The van der Waals surface area contributed by atoms with Crippen LogP contribution in [0.25, 0.3) is 0 Å². The van der Waals surface area contributed by atoms with Gasteiger partial charge in [0.05, 0.1) is 0 Å². The summed E-state index contributed by atoms with van der Waals surface area (Å²) in [5, 5.41) is 0.966. The Morgan fingerprint density at radius 1 is 0.905 bits per heavy atom. The average molecular weight is 365 g/mol. The Labute approximate surface area is 131 Å². The van der Waals surface area contributed by atoms with E-state index in [0.29, 0.717) is 6.16 Å². The quantitative estimate of drug-likeness (QED) is 0.681. The first-order chi connectivity index (χ1) is 10.1. The first-order valence-corrected chi connectivity index (χ1v) is 9.70. The van der Waals surface area contributed by atoms with Crippen LogP contribution in [0.4, 0.5) is 0 Å². The minimum absolute atomic E-state index is 0.633. The third-order valence-electron chi connectivity index (χ3n) is 3.76. The second kappa shape index (κ2) is 4.25. The predicted octanol–water partition coefficient (Wildman–Crippen LogP) is 4.78. The number of halogens is 1. The number of para-hydroxylation sites is 2. The van der Waals surface area contributed by atoms with E-state index >= 15 is 0 Å². The Balaban J connectivity index is 1.89. The molecule has 2 aromatic rings. The molecular weight excluding hydrogens is 351 g/mol. The van der Waals surface area contributed by atoms with E-state index < -0.39 is 7.28 Å². The van der Waals surface area contributed by atoms with E-state index in [0.717, 1.165) is 27.0 Å². The number of fused-ring (bicyclic) bond motifs is 1. The van der Waals surface area contributed by atoms with Gasteiger partial charge in [-0.3, -0.25) is 0 Å². The van der Waals surface area contributed by atoms with Gasteiger partial charge >= 0.3 is 132 Å². The van der Waals surface area contributed by atoms with Crippen LogP contribution in [0.15, 0.2) is 64.8 Å². The zero-order chi connectivity index (χ0) is 14.5. The first kappa shape index (κ1) is 13.2. The van der Waals surface area contributed by atoms with Crippen LogP contribution in [-0.2, 0) is 4.52 Å². The molecule has 2 aliphatic rings. The van der Waals surface area contributed by atoms with Gasteiger partial charge in [-0.15, -0.1) is 0 Å². The van der Waals surface area contributed by atoms with Crippen molar-refractivity contribution in [3.8, 4) is 11.5 Å². The molecule has 108 valence electrons. The predicted molar refractivity (Wildman–Crippen MR) is 88.1 cm³/mol. The van der Waals surface area contributed by atoms with Crippen LogP contribution in [0.5, 0.6) is 11.5 Å². The van der Waals surface area contributed by atoms with E-state index in [9.17, 15) is 0 Å². The summed E-state index contributed by atoms with van der Waals surface area (Å²) < 4.78 is 20.0. The van der Waals surface area contributed by atoms with Gasteiger partial charge in [0.15, 0.2) is 0 Å². The van der Waals surface area contributed by atoms with E-state index in [1.807, 2.05) is 61.5 Å². The van der Waals surface area contributed by atoms with Gasteiger partial charge in [-0.2, -0.15) is 0 Å². The van der Waals surface area contributed by atoms with Gasteiger partial charge in [-0.1, -0.05) is 0 Å². The molecule has 0 atom stereocenters. The average Bonchev–Trinajstić information content (AvgIpc) is 2.99. The Hall–Kier alpha value is -1.51. The second-order valence-corrected chi connectivity index (χ2v) is 9.67. The van der Waals surface area contributed by atoms with E-state index in [1.165, 1.54) is 0 Å². The molecule has 3 nitrogen and oxygen atoms in total. The zero-order valence-corrected chi connectivity index (χ0v) is 13.9. The first-order valence-electron chi connectivity index (χ1n) is 6.73.